The van der Waals surface area contributed by atoms with Crippen molar-refractivity contribution in [2.24, 2.45) is 11.8 Å². The van der Waals surface area contributed by atoms with E-state index >= 15 is 0 Å². The Balaban J connectivity index is 1.50. The van der Waals surface area contributed by atoms with Crippen LogP contribution in [0.25, 0.3) is 0 Å². The fourth-order valence-electron chi connectivity index (χ4n) is 3.61. The van der Waals surface area contributed by atoms with Crippen LogP contribution in [0.3, 0.4) is 0 Å². The highest BCUT2D eigenvalue weighted by molar-refractivity contribution is 6.09. The fourth-order valence-corrected chi connectivity index (χ4v) is 3.61. The number of benzene rings is 1. The largest absolute Gasteiger partial charge is 0.355 e. The SMILES string of the molecule is O=C(NCCC1CCCC1)C1CCN(c2ccccc2)C1=O. The molecular weight excluding hydrogens is 276 g/mol. The van der Waals surface area contributed by atoms with Crippen molar-refractivity contribution in [3.63, 3.8) is 0 Å². The maximum absolute atomic E-state index is 12.4. The summed E-state index contributed by atoms with van der Waals surface area (Å²) in [5.74, 6) is 0.0928. The third-order valence-corrected chi connectivity index (χ3v) is 4.92. The summed E-state index contributed by atoms with van der Waals surface area (Å²) in [6, 6.07) is 9.59. The van der Waals surface area contributed by atoms with Gasteiger partial charge in [0.05, 0.1) is 0 Å². The van der Waals surface area contributed by atoms with E-state index in [0.29, 0.717) is 19.5 Å². The highest BCUT2D eigenvalue weighted by Gasteiger charge is 2.37. The molecule has 2 amide bonds. The van der Waals surface area contributed by atoms with Crippen molar-refractivity contribution in [3.05, 3.63) is 30.3 Å². The summed E-state index contributed by atoms with van der Waals surface area (Å²) in [7, 11) is 0. The lowest BCUT2D eigenvalue weighted by Gasteiger charge is -2.17. The first-order chi connectivity index (χ1) is 10.8. The molecule has 1 saturated heterocycles. The first-order valence-electron chi connectivity index (χ1n) is 8.40. The second-order valence-corrected chi connectivity index (χ2v) is 6.40. The molecule has 2 aliphatic rings. The van der Waals surface area contributed by atoms with E-state index < -0.39 is 5.92 Å². The quantitative estimate of drug-likeness (QED) is 0.850. The molecule has 1 N–H and O–H groups in total. The Morgan fingerprint density at radius 1 is 1.14 bits per heavy atom. The minimum absolute atomic E-state index is 0.0652. The number of nitrogens with zero attached hydrogens (tertiary/aromatic N) is 1. The van der Waals surface area contributed by atoms with Gasteiger partial charge in [-0.2, -0.15) is 0 Å². The van der Waals surface area contributed by atoms with E-state index in [1.54, 1.807) is 4.90 Å². The number of nitrogens with one attached hydrogen (secondary N) is 1. The van der Waals surface area contributed by atoms with Crippen LogP contribution in [0.15, 0.2) is 30.3 Å². The van der Waals surface area contributed by atoms with Crippen molar-refractivity contribution in [2.45, 2.75) is 38.5 Å². The molecule has 4 nitrogen and oxygen atoms in total. The summed E-state index contributed by atoms with van der Waals surface area (Å²) in [5.41, 5.74) is 0.883. The van der Waals surface area contributed by atoms with Crippen LogP contribution in [-0.4, -0.2) is 24.9 Å². The average Bonchev–Trinajstić information content (AvgIpc) is 3.18. The van der Waals surface area contributed by atoms with Gasteiger partial charge >= 0.3 is 0 Å². The number of hydrogen-bond donors (Lipinski definition) is 1. The van der Waals surface area contributed by atoms with Crippen molar-refractivity contribution in [1.29, 1.82) is 0 Å². The van der Waals surface area contributed by atoms with E-state index in [4.69, 9.17) is 0 Å². The first kappa shape index (κ1) is 15.1. The summed E-state index contributed by atoms with van der Waals surface area (Å²) in [5, 5.41) is 2.97. The zero-order chi connectivity index (χ0) is 15.4. The highest BCUT2D eigenvalue weighted by Crippen LogP contribution is 2.27. The lowest BCUT2D eigenvalue weighted by molar-refractivity contribution is -0.132. The molecule has 4 heteroatoms. The van der Waals surface area contributed by atoms with Crippen molar-refractivity contribution < 1.29 is 9.59 Å². The first-order valence-corrected chi connectivity index (χ1v) is 8.40. The monoisotopic (exact) mass is 300 g/mol. The molecule has 1 atom stereocenters. The number of anilines is 1. The molecule has 0 spiro atoms. The van der Waals surface area contributed by atoms with E-state index in [9.17, 15) is 9.59 Å². The molecule has 1 aliphatic carbocycles. The van der Waals surface area contributed by atoms with Crippen molar-refractivity contribution in [3.8, 4) is 0 Å². The van der Waals surface area contributed by atoms with Gasteiger partial charge in [0.15, 0.2) is 0 Å². The molecule has 1 aromatic rings. The minimum atomic E-state index is -0.510. The molecule has 1 unspecified atom stereocenters. The number of hydrogen-bond acceptors (Lipinski definition) is 2. The van der Waals surface area contributed by atoms with Gasteiger partial charge in [0.1, 0.15) is 5.92 Å². The normalized spacial score (nSPS) is 22.3. The molecule has 2 fully saturated rings. The van der Waals surface area contributed by atoms with Gasteiger partial charge in [-0.1, -0.05) is 43.9 Å². The average molecular weight is 300 g/mol. The number of rotatable bonds is 5. The molecule has 1 aromatic carbocycles. The minimum Gasteiger partial charge on any atom is -0.355 e. The maximum atomic E-state index is 12.4. The second-order valence-electron chi connectivity index (χ2n) is 6.40. The molecule has 1 heterocycles. The Hall–Kier alpha value is -1.84. The van der Waals surface area contributed by atoms with Gasteiger partial charge < -0.3 is 10.2 Å². The third kappa shape index (κ3) is 3.32. The second kappa shape index (κ2) is 6.95. The molecule has 0 aromatic heterocycles. The lowest BCUT2D eigenvalue weighted by atomic mass is 10.0. The summed E-state index contributed by atoms with van der Waals surface area (Å²) in [6.07, 6.45) is 6.90. The maximum Gasteiger partial charge on any atom is 0.239 e. The van der Waals surface area contributed by atoms with E-state index in [1.165, 1.54) is 25.7 Å². The summed E-state index contributed by atoms with van der Waals surface area (Å²) in [4.78, 5) is 26.4. The van der Waals surface area contributed by atoms with E-state index in [-0.39, 0.29) is 11.8 Å². The Morgan fingerprint density at radius 3 is 2.59 bits per heavy atom. The van der Waals surface area contributed by atoms with Crippen LogP contribution < -0.4 is 10.2 Å². The lowest BCUT2D eigenvalue weighted by Crippen LogP contribution is -2.37. The van der Waals surface area contributed by atoms with Crippen LogP contribution in [-0.2, 0) is 9.59 Å². The molecule has 22 heavy (non-hydrogen) atoms. The Morgan fingerprint density at radius 2 is 1.86 bits per heavy atom. The van der Waals surface area contributed by atoms with Crippen LogP contribution in [0.4, 0.5) is 5.69 Å². The van der Waals surface area contributed by atoms with E-state index in [2.05, 4.69) is 5.32 Å². The Labute approximate surface area is 131 Å². The predicted molar refractivity (Wildman–Crippen MR) is 86.5 cm³/mol. The summed E-state index contributed by atoms with van der Waals surface area (Å²) < 4.78 is 0. The van der Waals surface area contributed by atoms with Crippen molar-refractivity contribution in [1.82, 2.24) is 5.32 Å². The zero-order valence-corrected chi connectivity index (χ0v) is 13.0. The topological polar surface area (TPSA) is 49.4 Å². The highest BCUT2D eigenvalue weighted by atomic mass is 16.2. The fraction of sp³-hybridized carbons (Fsp3) is 0.556. The van der Waals surface area contributed by atoms with Gasteiger partial charge in [0, 0.05) is 18.8 Å². The molecule has 118 valence electrons. The van der Waals surface area contributed by atoms with E-state index in [0.717, 1.165) is 18.0 Å². The number of para-hydroxylation sites is 1. The molecule has 0 radical (unpaired) electrons. The Bertz CT molecular complexity index is 523. The van der Waals surface area contributed by atoms with Crippen molar-refractivity contribution in [2.75, 3.05) is 18.0 Å². The van der Waals surface area contributed by atoms with Gasteiger partial charge in [-0.05, 0) is 30.9 Å². The van der Waals surface area contributed by atoms with Crippen LogP contribution in [0.5, 0.6) is 0 Å². The molecule has 1 aliphatic heterocycles. The number of carbonyl (C=O) groups is 2. The molecule has 1 saturated carbocycles. The zero-order valence-electron chi connectivity index (χ0n) is 13.0. The van der Waals surface area contributed by atoms with Crippen LogP contribution in [0.2, 0.25) is 0 Å². The number of carbonyl (C=O) groups excluding carboxylic acids is 2. The summed E-state index contributed by atoms with van der Waals surface area (Å²) in [6.45, 7) is 1.34. The van der Waals surface area contributed by atoms with Crippen molar-refractivity contribution >= 4 is 17.5 Å². The van der Waals surface area contributed by atoms with Gasteiger partial charge in [-0.25, -0.2) is 0 Å². The standard InChI is InChI=1S/C18H24N2O2/c21-17(19-12-10-14-6-4-5-7-14)16-11-13-20(18(16)22)15-8-2-1-3-9-15/h1-3,8-9,14,16H,4-7,10-13H2,(H,19,21). The third-order valence-electron chi connectivity index (χ3n) is 4.92. The van der Waals surface area contributed by atoms with Gasteiger partial charge in [-0.15, -0.1) is 0 Å². The predicted octanol–water partition coefficient (Wildman–Crippen LogP) is 2.74. The molecule has 0 bridgehead atoms. The van der Waals surface area contributed by atoms with Gasteiger partial charge in [0.2, 0.25) is 11.8 Å². The molecule has 3 rings (SSSR count). The smallest absolute Gasteiger partial charge is 0.239 e. The number of amides is 2. The van der Waals surface area contributed by atoms with Crippen LogP contribution in [0.1, 0.15) is 38.5 Å². The van der Waals surface area contributed by atoms with Gasteiger partial charge in [0.25, 0.3) is 0 Å². The van der Waals surface area contributed by atoms with Crippen LogP contribution >= 0.6 is 0 Å². The Kier molecular flexibility index (Phi) is 4.76. The molecular formula is C18H24N2O2. The van der Waals surface area contributed by atoms with E-state index in [1.807, 2.05) is 30.3 Å². The van der Waals surface area contributed by atoms with Crippen LogP contribution in [0, 0.1) is 11.8 Å². The summed E-state index contributed by atoms with van der Waals surface area (Å²) >= 11 is 0. The van der Waals surface area contributed by atoms with Gasteiger partial charge in [-0.3, -0.25) is 9.59 Å².